The number of aryl methyl sites for hydroxylation is 1. The smallest absolute Gasteiger partial charge is 0.238 e. The first-order chi connectivity index (χ1) is 8.26. The van der Waals surface area contributed by atoms with Crippen LogP contribution in [-0.4, -0.2) is 5.91 Å². The lowest BCUT2D eigenvalue weighted by molar-refractivity contribution is -0.115. The summed E-state index contributed by atoms with van der Waals surface area (Å²) in [5.74, 6) is -0.258. The van der Waals surface area contributed by atoms with E-state index in [-0.39, 0.29) is 12.3 Å². The molecule has 3 nitrogen and oxygen atoms in total. The molecule has 0 radical (unpaired) electrons. The fourth-order valence-electron chi connectivity index (χ4n) is 1.61. The van der Waals surface area contributed by atoms with Crippen LogP contribution in [0.3, 0.4) is 0 Å². The zero-order valence-electron chi connectivity index (χ0n) is 10.2. The number of hydrogen-bond acceptors (Lipinski definition) is 2. The van der Waals surface area contributed by atoms with Gasteiger partial charge in [-0.2, -0.15) is 5.26 Å². The highest BCUT2D eigenvalue weighted by Gasteiger charge is 2.00. The van der Waals surface area contributed by atoms with Crippen molar-refractivity contribution in [3.05, 3.63) is 29.8 Å². The van der Waals surface area contributed by atoms with Crippen LogP contribution in [0.1, 0.15) is 38.2 Å². The number of nitriles is 1. The average molecular weight is 230 g/mol. The molecule has 3 heteroatoms. The van der Waals surface area contributed by atoms with E-state index < -0.39 is 0 Å². The second-order valence-electron chi connectivity index (χ2n) is 4.04. The quantitative estimate of drug-likeness (QED) is 0.762. The lowest BCUT2D eigenvalue weighted by Gasteiger charge is -2.04. The fourth-order valence-corrected chi connectivity index (χ4v) is 1.61. The third-order valence-corrected chi connectivity index (χ3v) is 2.55. The van der Waals surface area contributed by atoms with Crippen LogP contribution in [0.2, 0.25) is 0 Å². The highest BCUT2D eigenvalue weighted by molar-refractivity contribution is 5.91. The van der Waals surface area contributed by atoms with E-state index in [1.54, 1.807) is 0 Å². The highest BCUT2D eigenvalue weighted by atomic mass is 16.1. The van der Waals surface area contributed by atoms with Crippen molar-refractivity contribution in [1.29, 1.82) is 5.26 Å². The van der Waals surface area contributed by atoms with Gasteiger partial charge in [-0.3, -0.25) is 4.79 Å². The van der Waals surface area contributed by atoms with Gasteiger partial charge in [-0.1, -0.05) is 31.9 Å². The summed E-state index contributed by atoms with van der Waals surface area (Å²) >= 11 is 0. The van der Waals surface area contributed by atoms with Gasteiger partial charge >= 0.3 is 0 Å². The Kier molecular flexibility index (Phi) is 5.81. The lowest BCUT2D eigenvalue weighted by atomic mass is 10.1. The van der Waals surface area contributed by atoms with Crippen LogP contribution >= 0.6 is 0 Å². The van der Waals surface area contributed by atoms with E-state index in [1.165, 1.54) is 24.8 Å². The second kappa shape index (κ2) is 7.45. The van der Waals surface area contributed by atoms with Crippen molar-refractivity contribution in [2.24, 2.45) is 0 Å². The molecule has 0 atom stereocenters. The van der Waals surface area contributed by atoms with Crippen molar-refractivity contribution < 1.29 is 4.79 Å². The molecule has 0 heterocycles. The summed E-state index contributed by atoms with van der Waals surface area (Å²) in [6.07, 6.45) is 4.66. The minimum atomic E-state index is -0.258. The number of anilines is 1. The van der Waals surface area contributed by atoms with E-state index in [0.29, 0.717) is 0 Å². The standard InChI is InChI=1S/C14H18N2O/c1-2-3-4-5-12-6-8-13(9-7-12)16-14(17)10-11-15/h6-9H,2-5,10H2,1H3,(H,16,17). The first-order valence-corrected chi connectivity index (χ1v) is 6.02. The van der Waals surface area contributed by atoms with Crippen molar-refractivity contribution in [2.75, 3.05) is 5.32 Å². The van der Waals surface area contributed by atoms with E-state index in [1.807, 2.05) is 30.3 Å². The second-order valence-corrected chi connectivity index (χ2v) is 4.04. The summed E-state index contributed by atoms with van der Waals surface area (Å²) < 4.78 is 0. The van der Waals surface area contributed by atoms with Gasteiger partial charge in [0.05, 0.1) is 6.07 Å². The normalized spacial score (nSPS) is 9.65. The molecular formula is C14H18N2O. The Morgan fingerprint density at radius 1 is 1.29 bits per heavy atom. The Morgan fingerprint density at radius 2 is 2.00 bits per heavy atom. The minimum Gasteiger partial charge on any atom is -0.325 e. The van der Waals surface area contributed by atoms with Gasteiger partial charge in [0.15, 0.2) is 0 Å². The maximum atomic E-state index is 11.2. The van der Waals surface area contributed by atoms with Gasteiger partial charge in [-0.15, -0.1) is 0 Å². The predicted octanol–water partition coefficient (Wildman–Crippen LogP) is 3.27. The van der Waals surface area contributed by atoms with Crippen molar-refractivity contribution in [2.45, 2.75) is 39.0 Å². The molecule has 0 aromatic heterocycles. The Morgan fingerprint density at radius 3 is 2.59 bits per heavy atom. The Labute approximate surface area is 102 Å². The van der Waals surface area contributed by atoms with Crippen LogP contribution in [0.4, 0.5) is 5.69 Å². The molecule has 0 aliphatic rings. The number of carbonyl (C=O) groups is 1. The van der Waals surface area contributed by atoms with Crippen LogP contribution in [0.5, 0.6) is 0 Å². The first kappa shape index (κ1) is 13.2. The number of benzene rings is 1. The largest absolute Gasteiger partial charge is 0.325 e. The van der Waals surface area contributed by atoms with Gasteiger partial charge in [-0.25, -0.2) is 0 Å². The first-order valence-electron chi connectivity index (χ1n) is 6.02. The molecule has 0 saturated heterocycles. The number of nitrogens with zero attached hydrogens (tertiary/aromatic N) is 1. The van der Waals surface area contributed by atoms with Gasteiger partial charge < -0.3 is 5.32 Å². The van der Waals surface area contributed by atoms with Gasteiger partial charge in [0, 0.05) is 5.69 Å². The van der Waals surface area contributed by atoms with Crippen molar-refractivity contribution in [3.8, 4) is 6.07 Å². The molecule has 1 amide bonds. The molecule has 1 N–H and O–H groups in total. The number of amides is 1. The molecule has 1 rings (SSSR count). The third-order valence-electron chi connectivity index (χ3n) is 2.55. The SMILES string of the molecule is CCCCCc1ccc(NC(=O)CC#N)cc1. The summed E-state index contributed by atoms with van der Waals surface area (Å²) in [4.78, 5) is 11.2. The fraction of sp³-hybridized carbons (Fsp3) is 0.429. The Bertz CT molecular complexity index is 390. The predicted molar refractivity (Wildman–Crippen MR) is 68.5 cm³/mol. The van der Waals surface area contributed by atoms with Crippen molar-refractivity contribution in [3.63, 3.8) is 0 Å². The average Bonchev–Trinajstić information content (AvgIpc) is 2.32. The molecule has 0 bridgehead atoms. The molecule has 90 valence electrons. The highest BCUT2D eigenvalue weighted by Crippen LogP contribution is 2.12. The minimum absolute atomic E-state index is 0.0990. The summed E-state index contributed by atoms with van der Waals surface area (Å²) in [7, 11) is 0. The number of nitrogens with one attached hydrogen (secondary N) is 1. The molecule has 1 aromatic rings. The summed E-state index contributed by atoms with van der Waals surface area (Å²) in [6.45, 7) is 2.19. The zero-order chi connectivity index (χ0) is 12.5. The lowest BCUT2D eigenvalue weighted by Crippen LogP contribution is -2.09. The molecule has 0 saturated carbocycles. The zero-order valence-corrected chi connectivity index (χ0v) is 10.2. The summed E-state index contributed by atoms with van der Waals surface area (Å²) in [6, 6.07) is 9.64. The van der Waals surface area contributed by atoms with Crippen molar-refractivity contribution in [1.82, 2.24) is 0 Å². The maximum Gasteiger partial charge on any atom is 0.238 e. The molecule has 0 spiro atoms. The maximum absolute atomic E-state index is 11.2. The molecule has 0 aliphatic heterocycles. The van der Waals surface area contributed by atoms with E-state index >= 15 is 0 Å². The van der Waals surface area contributed by atoms with E-state index in [0.717, 1.165) is 12.1 Å². The molecule has 0 fully saturated rings. The summed E-state index contributed by atoms with van der Waals surface area (Å²) in [5.41, 5.74) is 2.04. The summed E-state index contributed by atoms with van der Waals surface area (Å²) in [5, 5.41) is 11.0. The van der Waals surface area contributed by atoms with Crippen LogP contribution in [0, 0.1) is 11.3 Å². The van der Waals surface area contributed by atoms with Gasteiger partial charge in [-0.05, 0) is 30.5 Å². The van der Waals surface area contributed by atoms with Crippen LogP contribution < -0.4 is 5.32 Å². The monoisotopic (exact) mass is 230 g/mol. The number of unbranched alkanes of at least 4 members (excludes halogenated alkanes) is 2. The van der Waals surface area contributed by atoms with Crippen LogP contribution in [0.15, 0.2) is 24.3 Å². The number of hydrogen-bond donors (Lipinski definition) is 1. The van der Waals surface area contributed by atoms with Crippen LogP contribution in [0.25, 0.3) is 0 Å². The molecule has 17 heavy (non-hydrogen) atoms. The number of rotatable bonds is 6. The number of carbonyl (C=O) groups excluding carboxylic acids is 1. The van der Waals surface area contributed by atoms with E-state index in [4.69, 9.17) is 5.26 Å². The van der Waals surface area contributed by atoms with Gasteiger partial charge in [0.25, 0.3) is 0 Å². The van der Waals surface area contributed by atoms with Crippen molar-refractivity contribution >= 4 is 11.6 Å². The Hall–Kier alpha value is -1.82. The van der Waals surface area contributed by atoms with E-state index in [9.17, 15) is 4.79 Å². The molecule has 0 aliphatic carbocycles. The van der Waals surface area contributed by atoms with Gasteiger partial charge in [0.2, 0.25) is 5.91 Å². The van der Waals surface area contributed by atoms with Gasteiger partial charge in [0.1, 0.15) is 6.42 Å². The molecular weight excluding hydrogens is 212 g/mol. The molecule has 1 aromatic carbocycles. The van der Waals surface area contributed by atoms with E-state index in [2.05, 4.69) is 12.2 Å². The van der Waals surface area contributed by atoms with Crippen LogP contribution in [-0.2, 0) is 11.2 Å². The molecule has 0 unspecified atom stereocenters. The third kappa shape index (κ3) is 5.17. The topological polar surface area (TPSA) is 52.9 Å². The Balaban J connectivity index is 2.45.